The van der Waals surface area contributed by atoms with Gasteiger partial charge in [0.1, 0.15) is 5.75 Å². The number of carbonyl (C=O) groups is 1. The van der Waals surface area contributed by atoms with Crippen LogP contribution in [-0.2, 0) is 16.6 Å². The van der Waals surface area contributed by atoms with Crippen LogP contribution < -0.4 is 14.8 Å². The van der Waals surface area contributed by atoms with Crippen LogP contribution in [0.1, 0.15) is 39.5 Å². The molecule has 3 aromatic carbocycles. The molecule has 3 aromatic rings. The molecule has 1 amide bonds. The van der Waals surface area contributed by atoms with Crippen molar-refractivity contribution in [1.29, 1.82) is 0 Å². The van der Waals surface area contributed by atoms with Crippen LogP contribution in [0, 0.1) is 6.92 Å². The molecule has 31 heavy (non-hydrogen) atoms. The van der Waals surface area contributed by atoms with Crippen molar-refractivity contribution in [1.82, 2.24) is 10.0 Å². The molecule has 4 rings (SSSR count). The van der Waals surface area contributed by atoms with Gasteiger partial charge in [0.15, 0.2) is 0 Å². The number of hydrogen-bond donors (Lipinski definition) is 2. The lowest BCUT2D eigenvalue weighted by molar-refractivity contribution is 0.0924. The summed E-state index contributed by atoms with van der Waals surface area (Å²) >= 11 is 0. The maximum Gasteiger partial charge on any atom is 0.251 e. The monoisotopic (exact) mass is 436 g/mol. The molecular formula is C24H24N2O4S. The Morgan fingerprint density at radius 1 is 1.03 bits per heavy atom. The fourth-order valence-electron chi connectivity index (χ4n) is 3.62. The molecule has 1 unspecified atom stereocenters. The Kier molecular flexibility index (Phi) is 6.06. The highest BCUT2D eigenvalue weighted by molar-refractivity contribution is 7.89. The van der Waals surface area contributed by atoms with E-state index < -0.39 is 10.0 Å². The molecule has 160 valence electrons. The molecule has 7 heteroatoms. The smallest absolute Gasteiger partial charge is 0.251 e. The fourth-order valence-corrected chi connectivity index (χ4v) is 4.90. The molecule has 1 heterocycles. The second-order valence-electron chi connectivity index (χ2n) is 7.49. The summed E-state index contributed by atoms with van der Waals surface area (Å²) in [5, 5.41) is 3.01. The highest BCUT2D eigenvalue weighted by Crippen LogP contribution is 2.31. The van der Waals surface area contributed by atoms with Crippen LogP contribution in [0.2, 0.25) is 0 Å². The average Bonchev–Trinajstić information content (AvgIpc) is 2.79. The second kappa shape index (κ2) is 8.91. The molecule has 0 saturated carbocycles. The molecule has 6 nitrogen and oxygen atoms in total. The predicted octanol–water partition coefficient (Wildman–Crippen LogP) is 3.73. The van der Waals surface area contributed by atoms with E-state index in [4.69, 9.17) is 4.74 Å². The van der Waals surface area contributed by atoms with Gasteiger partial charge in [0.05, 0.1) is 17.5 Å². The van der Waals surface area contributed by atoms with E-state index in [-0.39, 0.29) is 23.4 Å². The van der Waals surface area contributed by atoms with Crippen LogP contribution in [-0.4, -0.2) is 20.9 Å². The lowest BCUT2D eigenvalue weighted by atomic mass is 10.00. The molecule has 1 aliphatic rings. The van der Waals surface area contributed by atoms with Crippen LogP contribution in [0.25, 0.3) is 0 Å². The summed E-state index contributed by atoms with van der Waals surface area (Å²) < 4.78 is 34.1. The normalized spacial score (nSPS) is 15.6. The predicted molar refractivity (Wildman–Crippen MR) is 118 cm³/mol. The Morgan fingerprint density at radius 2 is 1.77 bits per heavy atom. The third-order valence-corrected chi connectivity index (χ3v) is 6.86. The van der Waals surface area contributed by atoms with Gasteiger partial charge in [-0.15, -0.1) is 0 Å². The summed E-state index contributed by atoms with van der Waals surface area (Å²) in [6.07, 6.45) is 0.651. The summed E-state index contributed by atoms with van der Waals surface area (Å²) in [5.74, 6) is 0.442. The number of rotatable bonds is 6. The first-order valence-corrected chi connectivity index (χ1v) is 11.6. The van der Waals surface area contributed by atoms with Crippen LogP contribution in [0.15, 0.2) is 77.7 Å². The Bertz CT molecular complexity index is 1190. The van der Waals surface area contributed by atoms with Crippen LogP contribution in [0.3, 0.4) is 0 Å². The number of carbonyl (C=O) groups excluding carboxylic acids is 1. The number of benzene rings is 3. The first kappa shape index (κ1) is 21.1. The molecule has 1 aliphatic heterocycles. The molecule has 0 aliphatic carbocycles. The van der Waals surface area contributed by atoms with E-state index in [1.54, 1.807) is 19.1 Å². The molecule has 0 aromatic heterocycles. The average molecular weight is 437 g/mol. The van der Waals surface area contributed by atoms with Crippen molar-refractivity contribution in [2.24, 2.45) is 0 Å². The third-order valence-electron chi connectivity index (χ3n) is 5.31. The number of ether oxygens (including phenoxy) is 1. The van der Waals surface area contributed by atoms with Crippen molar-refractivity contribution in [2.75, 3.05) is 6.61 Å². The molecule has 2 N–H and O–H groups in total. The first-order chi connectivity index (χ1) is 14.9. The zero-order chi connectivity index (χ0) is 21.8. The van der Waals surface area contributed by atoms with Gasteiger partial charge in [-0.25, -0.2) is 13.1 Å². The third kappa shape index (κ3) is 4.78. The Hall–Kier alpha value is -3.16. The van der Waals surface area contributed by atoms with E-state index in [9.17, 15) is 13.2 Å². The minimum Gasteiger partial charge on any atom is -0.493 e. The topological polar surface area (TPSA) is 84.5 Å². The van der Waals surface area contributed by atoms with Crippen LogP contribution >= 0.6 is 0 Å². The SMILES string of the molecule is Cc1ccc(C(=O)NC2CCOc3ccccc32)cc1S(=O)(=O)NCc1ccccc1. The van der Waals surface area contributed by atoms with Gasteiger partial charge in [-0.1, -0.05) is 54.6 Å². The zero-order valence-electron chi connectivity index (χ0n) is 17.2. The quantitative estimate of drug-likeness (QED) is 0.617. The van der Waals surface area contributed by atoms with Crippen molar-refractivity contribution >= 4 is 15.9 Å². The Labute approximate surface area is 182 Å². The number of nitrogens with one attached hydrogen (secondary N) is 2. The van der Waals surface area contributed by atoms with Crippen molar-refractivity contribution in [2.45, 2.75) is 30.8 Å². The second-order valence-corrected chi connectivity index (χ2v) is 9.23. The largest absolute Gasteiger partial charge is 0.493 e. The Balaban J connectivity index is 1.53. The number of aryl methyl sites for hydroxylation is 1. The molecule has 0 bridgehead atoms. The van der Waals surface area contributed by atoms with Crippen LogP contribution in [0.5, 0.6) is 5.75 Å². The molecule has 1 atom stereocenters. The van der Waals surface area contributed by atoms with Crippen molar-refractivity contribution < 1.29 is 17.9 Å². The van der Waals surface area contributed by atoms with E-state index in [0.29, 0.717) is 24.2 Å². The van der Waals surface area contributed by atoms with E-state index >= 15 is 0 Å². The first-order valence-electron chi connectivity index (χ1n) is 10.1. The van der Waals surface area contributed by atoms with Gasteiger partial charge in [-0.05, 0) is 36.2 Å². The highest BCUT2D eigenvalue weighted by atomic mass is 32.2. The van der Waals surface area contributed by atoms with E-state index in [1.165, 1.54) is 6.07 Å². The number of amides is 1. The molecule has 0 fully saturated rings. The maximum atomic E-state index is 12.9. The van der Waals surface area contributed by atoms with E-state index in [2.05, 4.69) is 10.0 Å². The zero-order valence-corrected chi connectivity index (χ0v) is 18.0. The van der Waals surface area contributed by atoms with Gasteiger partial charge in [0, 0.05) is 24.1 Å². The molecule has 0 saturated heterocycles. The summed E-state index contributed by atoms with van der Waals surface area (Å²) in [4.78, 5) is 13.0. The van der Waals surface area contributed by atoms with Crippen molar-refractivity contribution in [3.05, 3.63) is 95.1 Å². The van der Waals surface area contributed by atoms with Gasteiger partial charge in [0.2, 0.25) is 10.0 Å². The van der Waals surface area contributed by atoms with Gasteiger partial charge < -0.3 is 10.1 Å². The number of para-hydroxylation sites is 1. The molecule has 0 spiro atoms. The summed E-state index contributed by atoms with van der Waals surface area (Å²) in [5.41, 5.74) is 2.66. The van der Waals surface area contributed by atoms with Gasteiger partial charge in [-0.3, -0.25) is 4.79 Å². The summed E-state index contributed by atoms with van der Waals surface area (Å²) in [6.45, 7) is 2.41. The maximum absolute atomic E-state index is 12.9. The molecule has 0 radical (unpaired) electrons. The summed E-state index contributed by atoms with van der Waals surface area (Å²) in [7, 11) is -3.78. The van der Waals surface area contributed by atoms with Gasteiger partial charge in [-0.2, -0.15) is 0 Å². The van der Waals surface area contributed by atoms with Gasteiger partial charge >= 0.3 is 0 Å². The summed E-state index contributed by atoms with van der Waals surface area (Å²) in [6, 6.07) is 21.4. The van der Waals surface area contributed by atoms with E-state index in [0.717, 1.165) is 16.9 Å². The minimum atomic E-state index is -3.78. The minimum absolute atomic E-state index is 0.100. The highest BCUT2D eigenvalue weighted by Gasteiger charge is 2.24. The standard InChI is InChI=1S/C24H24N2O4S/c1-17-11-12-19(15-23(17)31(28,29)25-16-18-7-3-2-4-8-18)24(27)26-21-13-14-30-22-10-6-5-9-20(21)22/h2-12,15,21,25H,13-14,16H2,1H3,(H,26,27). The lowest BCUT2D eigenvalue weighted by Crippen LogP contribution is -2.32. The molecular weight excluding hydrogens is 412 g/mol. The fraction of sp³-hybridized carbons (Fsp3) is 0.208. The lowest BCUT2D eigenvalue weighted by Gasteiger charge is -2.26. The van der Waals surface area contributed by atoms with E-state index in [1.807, 2.05) is 54.6 Å². The number of sulfonamides is 1. The van der Waals surface area contributed by atoms with Gasteiger partial charge in [0.25, 0.3) is 5.91 Å². The number of fused-ring (bicyclic) bond motifs is 1. The number of hydrogen-bond acceptors (Lipinski definition) is 4. The van der Waals surface area contributed by atoms with Crippen molar-refractivity contribution in [3.63, 3.8) is 0 Å². The Morgan fingerprint density at radius 3 is 2.58 bits per heavy atom. The van der Waals surface area contributed by atoms with Crippen LogP contribution in [0.4, 0.5) is 0 Å². The van der Waals surface area contributed by atoms with Crippen molar-refractivity contribution in [3.8, 4) is 5.75 Å².